The summed E-state index contributed by atoms with van der Waals surface area (Å²) in [5.74, 6) is -0.796. The van der Waals surface area contributed by atoms with Gasteiger partial charge in [0.15, 0.2) is 0 Å². The summed E-state index contributed by atoms with van der Waals surface area (Å²) < 4.78 is 11.5. The van der Waals surface area contributed by atoms with Crippen molar-refractivity contribution in [1.29, 1.82) is 0 Å². The number of hydrogen-bond acceptors (Lipinski definition) is 4. The van der Waals surface area contributed by atoms with Gasteiger partial charge in [-0.05, 0) is 32.4 Å². The van der Waals surface area contributed by atoms with Crippen LogP contribution in [0.3, 0.4) is 0 Å². The molecule has 0 bridgehead atoms. The van der Waals surface area contributed by atoms with Gasteiger partial charge in [-0.3, -0.25) is 9.69 Å². The molecule has 18 heavy (non-hydrogen) atoms. The van der Waals surface area contributed by atoms with E-state index in [9.17, 15) is 4.79 Å². The minimum Gasteiger partial charge on any atom is -0.481 e. The second-order valence-electron chi connectivity index (χ2n) is 5.67. The molecule has 5 nitrogen and oxygen atoms in total. The largest absolute Gasteiger partial charge is 0.481 e. The molecule has 2 unspecified atom stereocenters. The summed E-state index contributed by atoms with van der Waals surface area (Å²) in [6.45, 7) is 4.07. The predicted octanol–water partition coefficient (Wildman–Crippen LogP) is 0.731. The molecule has 0 aromatic heterocycles. The van der Waals surface area contributed by atoms with Crippen molar-refractivity contribution in [2.45, 2.75) is 37.3 Å². The highest BCUT2D eigenvalue weighted by molar-refractivity contribution is 5.70. The monoisotopic (exact) mass is 255 g/mol. The van der Waals surface area contributed by atoms with Crippen LogP contribution in [0.5, 0.6) is 0 Å². The quantitative estimate of drug-likeness (QED) is 0.788. The number of carboxylic acids is 1. The highest BCUT2D eigenvalue weighted by Gasteiger charge is 2.50. The first-order chi connectivity index (χ1) is 8.71. The first-order valence-electron chi connectivity index (χ1n) is 6.90. The van der Waals surface area contributed by atoms with Crippen LogP contribution in [0.1, 0.15) is 25.7 Å². The summed E-state index contributed by atoms with van der Waals surface area (Å²) in [5, 5.41) is 9.03. The number of rotatable bonds is 2. The third-order valence-corrected chi connectivity index (χ3v) is 4.72. The first kappa shape index (κ1) is 12.4. The smallest absolute Gasteiger partial charge is 0.306 e. The molecule has 0 radical (unpaired) electrons. The molecular formula is C13H21NO4. The van der Waals surface area contributed by atoms with E-state index in [4.69, 9.17) is 14.6 Å². The Morgan fingerprint density at radius 2 is 2.00 bits per heavy atom. The SMILES string of the molecule is O=C(O)C1CCN(C2CCOC23CCOC3)CC1. The maximum absolute atomic E-state index is 11.0. The fraction of sp³-hybridized carbons (Fsp3) is 0.923. The number of ether oxygens (including phenoxy) is 2. The van der Waals surface area contributed by atoms with Crippen molar-refractivity contribution < 1.29 is 19.4 Å². The molecule has 3 saturated heterocycles. The second kappa shape index (κ2) is 4.79. The summed E-state index contributed by atoms with van der Waals surface area (Å²) in [4.78, 5) is 13.4. The van der Waals surface area contributed by atoms with Crippen LogP contribution < -0.4 is 0 Å². The van der Waals surface area contributed by atoms with Gasteiger partial charge in [0.1, 0.15) is 5.60 Å². The molecule has 0 aliphatic carbocycles. The van der Waals surface area contributed by atoms with Crippen molar-refractivity contribution in [2.24, 2.45) is 5.92 Å². The number of piperidine rings is 1. The van der Waals surface area contributed by atoms with E-state index in [1.165, 1.54) is 0 Å². The Morgan fingerprint density at radius 3 is 2.61 bits per heavy atom. The molecule has 102 valence electrons. The average molecular weight is 255 g/mol. The predicted molar refractivity (Wildman–Crippen MR) is 64.5 cm³/mol. The minimum atomic E-state index is -0.642. The van der Waals surface area contributed by atoms with Gasteiger partial charge >= 0.3 is 5.97 Å². The van der Waals surface area contributed by atoms with Crippen LogP contribution in [0.15, 0.2) is 0 Å². The minimum absolute atomic E-state index is 0.101. The van der Waals surface area contributed by atoms with E-state index < -0.39 is 5.97 Å². The second-order valence-corrected chi connectivity index (χ2v) is 5.67. The number of carboxylic acid groups (broad SMARTS) is 1. The highest BCUT2D eigenvalue weighted by atomic mass is 16.6. The van der Waals surface area contributed by atoms with Crippen LogP contribution in [0.2, 0.25) is 0 Å². The summed E-state index contributed by atoms with van der Waals surface area (Å²) in [7, 11) is 0. The van der Waals surface area contributed by atoms with Crippen molar-refractivity contribution in [3.8, 4) is 0 Å². The van der Waals surface area contributed by atoms with Crippen molar-refractivity contribution in [2.75, 3.05) is 32.9 Å². The maximum atomic E-state index is 11.0. The Balaban J connectivity index is 1.63. The lowest BCUT2D eigenvalue weighted by molar-refractivity contribution is -0.143. The van der Waals surface area contributed by atoms with Gasteiger partial charge in [0.25, 0.3) is 0 Å². The summed E-state index contributed by atoms with van der Waals surface area (Å²) in [6, 6.07) is 0.426. The van der Waals surface area contributed by atoms with Crippen LogP contribution in [0.4, 0.5) is 0 Å². The Bertz CT molecular complexity index is 313. The van der Waals surface area contributed by atoms with Crippen LogP contribution >= 0.6 is 0 Å². The molecule has 0 saturated carbocycles. The zero-order chi connectivity index (χ0) is 12.6. The number of nitrogens with zero attached hydrogens (tertiary/aromatic N) is 1. The lowest BCUT2D eigenvalue weighted by Gasteiger charge is -2.40. The van der Waals surface area contributed by atoms with Crippen LogP contribution in [-0.2, 0) is 14.3 Å². The van der Waals surface area contributed by atoms with E-state index in [1.54, 1.807) is 0 Å². The lowest BCUT2D eigenvalue weighted by atomic mass is 9.88. The van der Waals surface area contributed by atoms with Crippen LogP contribution in [0, 0.1) is 5.92 Å². The topological polar surface area (TPSA) is 59.0 Å². The Kier molecular flexibility index (Phi) is 3.30. The van der Waals surface area contributed by atoms with Gasteiger partial charge < -0.3 is 14.6 Å². The number of hydrogen-bond donors (Lipinski definition) is 1. The number of likely N-dealkylation sites (tertiary alicyclic amines) is 1. The summed E-state index contributed by atoms with van der Waals surface area (Å²) in [6.07, 6.45) is 3.57. The van der Waals surface area contributed by atoms with E-state index in [2.05, 4.69) is 4.90 Å². The van der Waals surface area contributed by atoms with Gasteiger partial charge in [0.05, 0.1) is 12.5 Å². The molecule has 0 aromatic rings. The third kappa shape index (κ3) is 2.04. The molecule has 3 aliphatic heterocycles. The summed E-state index contributed by atoms with van der Waals surface area (Å²) >= 11 is 0. The zero-order valence-electron chi connectivity index (χ0n) is 10.6. The Morgan fingerprint density at radius 1 is 1.22 bits per heavy atom. The van der Waals surface area contributed by atoms with Gasteiger partial charge in [-0.25, -0.2) is 0 Å². The normalized spacial score (nSPS) is 38.6. The fourth-order valence-corrected chi connectivity index (χ4v) is 3.65. The molecule has 3 aliphatic rings. The lowest BCUT2D eigenvalue weighted by Crippen LogP contribution is -2.53. The Hall–Kier alpha value is -0.650. The number of carbonyl (C=O) groups is 1. The number of aliphatic carboxylic acids is 1. The molecule has 3 heterocycles. The van der Waals surface area contributed by atoms with Crippen molar-refractivity contribution in [1.82, 2.24) is 4.90 Å². The van der Waals surface area contributed by atoms with E-state index in [1.807, 2.05) is 0 Å². The van der Waals surface area contributed by atoms with Crippen molar-refractivity contribution >= 4 is 5.97 Å². The molecule has 2 atom stereocenters. The molecule has 3 rings (SSSR count). The van der Waals surface area contributed by atoms with Gasteiger partial charge in [-0.15, -0.1) is 0 Å². The highest BCUT2D eigenvalue weighted by Crippen LogP contribution is 2.38. The van der Waals surface area contributed by atoms with E-state index in [-0.39, 0.29) is 11.5 Å². The molecule has 1 spiro atoms. The van der Waals surface area contributed by atoms with Gasteiger partial charge in [0.2, 0.25) is 0 Å². The van der Waals surface area contributed by atoms with Gasteiger partial charge in [0, 0.05) is 25.7 Å². The van der Waals surface area contributed by atoms with Gasteiger partial charge in [-0.2, -0.15) is 0 Å². The van der Waals surface area contributed by atoms with E-state index in [0.717, 1.165) is 52.0 Å². The Labute approximate surface area is 107 Å². The first-order valence-corrected chi connectivity index (χ1v) is 6.90. The maximum Gasteiger partial charge on any atom is 0.306 e. The van der Waals surface area contributed by atoms with E-state index in [0.29, 0.717) is 12.6 Å². The van der Waals surface area contributed by atoms with E-state index >= 15 is 0 Å². The molecule has 1 N–H and O–H groups in total. The molecule has 0 aromatic carbocycles. The van der Waals surface area contributed by atoms with Crippen LogP contribution in [0.25, 0.3) is 0 Å². The van der Waals surface area contributed by atoms with Crippen molar-refractivity contribution in [3.05, 3.63) is 0 Å². The van der Waals surface area contributed by atoms with Crippen molar-refractivity contribution in [3.63, 3.8) is 0 Å². The fourth-order valence-electron chi connectivity index (χ4n) is 3.65. The van der Waals surface area contributed by atoms with Gasteiger partial charge in [-0.1, -0.05) is 0 Å². The molecule has 0 amide bonds. The summed E-state index contributed by atoms with van der Waals surface area (Å²) in [5.41, 5.74) is -0.101. The van der Waals surface area contributed by atoms with Crippen LogP contribution in [-0.4, -0.2) is 60.5 Å². The molecule has 5 heteroatoms. The standard InChI is InChI=1S/C13H21NO4/c15-12(16)10-1-5-14(6-2-10)11-3-7-18-13(11)4-8-17-9-13/h10-11H,1-9H2,(H,15,16). The molecular weight excluding hydrogens is 234 g/mol. The zero-order valence-corrected chi connectivity index (χ0v) is 10.6. The molecule has 3 fully saturated rings. The average Bonchev–Trinajstić information content (AvgIpc) is 3.01. The third-order valence-electron chi connectivity index (χ3n) is 4.72.